The summed E-state index contributed by atoms with van der Waals surface area (Å²) < 4.78 is 40.9. The van der Waals surface area contributed by atoms with Gasteiger partial charge < -0.3 is 5.32 Å². The van der Waals surface area contributed by atoms with Crippen molar-refractivity contribution >= 4 is 33.2 Å². The molecule has 1 aliphatic rings. The number of hydrogen-bond acceptors (Lipinski definition) is 4. The smallest absolute Gasteiger partial charge is 0.211 e. The number of aromatic nitrogens is 2. The third kappa shape index (κ3) is 5.73. The van der Waals surface area contributed by atoms with Crippen molar-refractivity contribution in [3.63, 3.8) is 0 Å². The molecule has 2 aromatic carbocycles. The molecule has 0 saturated carbocycles. The SMILES string of the molecule is CC(C)(c1ccc(Cl)c(Cl)c1)c1cnc(CNC2CCN(S(C)(=O)=O)CC2)n1-c1ccc(F)cc1. The fourth-order valence-electron chi connectivity index (χ4n) is 4.49. The molecule has 188 valence electrons. The second-order valence-corrected chi connectivity index (χ2v) is 12.2. The fourth-order valence-corrected chi connectivity index (χ4v) is 5.67. The highest BCUT2D eigenvalue weighted by Gasteiger charge is 2.30. The average Bonchev–Trinajstić information content (AvgIpc) is 3.24. The first-order valence-electron chi connectivity index (χ1n) is 11.4. The van der Waals surface area contributed by atoms with Crippen LogP contribution < -0.4 is 5.32 Å². The molecule has 0 amide bonds. The van der Waals surface area contributed by atoms with Crippen LogP contribution in [0.25, 0.3) is 5.69 Å². The number of halogens is 3. The van der Waals surface area contributed by atoms with Crippen LogP contribution in [0.3, 0.4) is 0 Å². The molecule has 0 unspecified atom stereocenters. The van der Waals surface area contributed by atoms with Crippen LogP contribution in [0, 0.1) is 5.82 Å². The molecule has 0 atom stereocenters. The summed E-state index contributed by atoms with van der Waals surface area (Å²) in [7, 11) is -3.17. The Morgan fingerprint density at radius 1 is 1.09 bits per heavy atom. The third-order valence-electron chi connectivity index (χ3n) is 6.67. The van der Waals surface area contributed by atoms with Gasteiger partial charge >= 0.3 is 0 Å². The maximum atomic E-state index is 13.7. The van der Waals surface area contributed by atoms with Crippen molar-refractivity contribution in [1.82, 2.24) is 19.2 Å². The summed E-state index contributed by atoms with van der Waals surface area (Å²) in [4.78, 5) is 4.73. The first-order valence-corrected chi connectivity index (χ1v) is 14.0. The molecule has 4 rings (SSSR count). The Kier molecular flexibility index (Phi) is 7.60. The molecule has 10 heteroatoms. The second kappa shape index (κ2) is 10.2. The van der Waals surface area contributed by atoms with Gasteiger partial charge in [-0.15, -0.1) is 0 Å². The highest BCUT2D eigenvalue weighted by atomic mass is 35.5. The Balaban J connectivity index is 1.63. The van der Waals surface area contributed by atoms with Gasteiger partial charge in [-0.05, 0) is 54.8 Å². The first-order chi connectivity index (χ1) is 16.5. The summed E-state index contributed by atoms with van der Waals surface area (Å²) in [5.41, 5.74) is 2.22. The minimum Gasteiger partial charge on any atom is -0.307 e. The number of sulfonamides is 1. The van der Waals surface area contributed by atoms with E-state index < -0.39 is 15.4 Å². The van der Waals surface area contributed by atoms with Crippen LogP contribution in [0.5, 0.6) is 0 Å². The van der Waals surface area contributed by atoms with E-state index in [4.69, 9.17) is 28.2 Å². The van der Waals surface area contributed by atoms with Crippen LogP contribution in [-0.4, -0.2) is 47.7 Å². The van der Waals surface area contributed by atoms with Crippen molar-refractivity contribution in [1.29, 1.82) is 0 Å². The third-order valence-corrected chi connectivity index (χ3v) is 8.72. The van der Waals surface area contributed by atoms with Crippen LogP contribution in [-0.2, 0) is 22.0 Å². The van der Waals surface area contributed by atoms with E-state index in [1.165, 1.54) is 22.7 Å². The van der Waals surface area contributed by atoms with Gasteiger partial charge in [0, 0.05) is 36.4 Å². The zero-order valence-electron chi connectivity index (χ0n) is 19.9. The van der Waals surface area contributed by atoms with Crippen molar-refractivity contribution in [2.45, 2.75) is 44.7 Å². The molecular weight excluding hydrogens is 510 g/mol. The number of nitrogens with zero attached hydrogens (tertiary/aromatic N) is 3. The predicted molar refractivity (Wildman–Crippen MR) is 138 cm³/mol. The lowest BCUT2D eigenvalue weighted by molar-refractivity contribution is 0.288. The van der Waals surface area contributed by atoms with Crippen molar-refractivity contribution in [2.75, 3.05) is 19.3 Å². The van der Waals surface area contributed by atoms with Gasteiger partial charge in [0.05, 0.1) is 28.5 Å². The maximum absolute atomic E-state index is 13.7. The Labute approximate surface area is 216 Å². The summed E-state index contributed by atoms with van der Waals surface area (Å²) in [6.07, 6.45) is 4.55. The zero-order valence-corrected chi connectivity index (χ0v) is 22.3. The van der Waals surface area contributed by atoms with Gasteiger partial charge in [0.25, 0.3) is 0 Å². The molecule has 1 N–H and O–H groups in total. The van der Waals surface area contributed by atoms with E-state index in [1.807, 2.05) is 22.9 Å². The normalized spacial score (nSPS) is 16.1. The van der Waals surface area contributed by atoms with Gasteiger partial charge in [-0.25, -0.2) is 22.1 Å². The van der Waals surface area contributed by atoms with Gasteiger partial charge in [-0.1, -0.05) is 43.1 Å². The molecular formula is C25H29Cl2FN4O2S. The van der Waals surface area contributed by atoms with Crippen molar-refractivity contribution in [3.05, 3.63) is 81.6 Å². The first kappa shape index (κ1) is 26.1. The van der Waals surface area contributed by atoms with Crippen molar-refractivity contribution in [2.24, 2.45) is 0 Å². The van der Waals surface area contributed by atoms with E-state index in [0.717, 1.165) is 35.6 Å². The monoisotopic (exact) mass is 538 g/mol. The van der Waals surface area contributed by atoms with Crippen LogP contribution in [0.15, 0.2) is 48.7 Å². The van der Waals surface area contributed by atoms with Crippen LogP contribution in [0.4, 0.5) is 4.39 Å². The average molecular weight is 540 g/mol. The zero-order chi connectivity index (χ0) is 25.4. The highest BCUT2D eigenvalue weighted by Crippen LogP contribution is 2.36. The molecule has 0 spiro atoms. The van der Waals surface area contributed by atoms with Gasteiger partial charge in [0.2, 0.25) is 10.0 Å². The number of nitrogens with one attached hydrogen (secondary N) is 1. The van der Waals surface area contributed by atoms with E-state index in [1.54, 1.807) is 18.2 Å². The van der Waals surface area contributed by atoms with Gasteiger partial charge in [-0.3, -0.25) is 4.57 Å². The lowest BCUT2D eigenvalue weighted by Gasteiger charge is -2.31. The van der Waals surface area contributed by atoms with Gasteiger partial charge in [0.15, 0.2) is 0 Å². The summed E-state index contributed by atoms with van der Waals surface area (Å²) in [5.74, 6) is 0.474. The minimum absolute atomic E-state index is 0.179. The molecule has 0 radical (unpaired) electrons. The van der Waals surface area contributed by atoms with Crippen LogP contribution >= 0.6 is 23.2 Å². The predicted octanol–water partition coefficient (Wildman–Crippen LogP) is 5.16. The topological polar surface area (TPSA) is 67.2 Å². The lowest BCUT2D eigenvalue weighted by Crippen LogP contribution is -2.44. The molecule has 35 heavy (non-hydrogen) atoms. The molecule has 1 aromatic heterocycles. The molecule has 6 nitrogen and oxygen atoms in total. The van der Waals surface area contributed by atoms with Crippen LogP contribution in [0.2, 0.25) is 10.0 Å². The summed E-state index contributed by atoms with van der Waals surface area (Å²) >= 11 is 12.5. The lowest BCUT2D eigenvalue weighted by atomic mass is 9.81. The quantitative estimate of drug-likeness (QED) is 0.451. The number of rotatable bonds is 7. The summed E-state index contributed by atoms with van der Waals surface area (Å²) in [6.45, 7) is 5.65. The molecule has 0 aliphatic carbocycles. The van der Waals surface area contributed by atoms with E-state index in [-0.39, 0.29) is 11.9 Å². The maximum Gasteiger partial charge on any atom is 0.211 e. The fraction of sp³-hybridized carbons (Fsp3) is 0.400. The number of benzene rings is 2. The van der Waals surface area contributed by atoms with Crippen molar-refractivity contribution in [3.8, 4) is 5.69 Å². The Morgan fingerprint density at radius 3 is 2.34 bits per heavy atom. The Bertz CT molecular complexity index is 1300. The van der Waals surface area contributed by atoms with E-state index in [0.29, 0.717) is 29.7 Å². The molecule has 1 fully saturated rings. The molecule has 1 aliphatic heterocycles. The standard InChI is InChI=1S/C25H29Cl2FN4O2S/c1-25(2,17-4-9-21(26)22(27)14-17)23-15-30-24(32(23)20-7-5-18(28)6-8-20)16-29-19-10-12-31(13-11-19)35(3,33)34/h4-9,14-15,19,29H,10-13,16H2,1-3H3. The largest absolute Gasteiger partial charge is 0.307 e. The number of piperidine rings is 1. The number of imidazole rings is 1. The van der Waals surface area contributed by atoms with E-state index in [2.05, 4.69) is 19.2 Å². The number of hydrogen-bond donors (Lipinski definition) is 1. The molecule has 1 saturated heterocycles. The molecule has 2 heterocycles. The van der Waals surface area contributed by atoms with Gasteiger partial charge in [0.1, 0.15) is 11.6 Å². The Hall–Kier alpha value is -1.97. The summed E-state index contributed by atoms with van der Waals surface area (Å²) in [6, 6.07) is 12.1. The van der Waals surface area contributed by atoms with E-state index >= 15 is 0 Å². The van der Waals surface area contributed by atoms with E-state index in [9.17, 15) is 12.8 Å². The Morgan fingerprint density at radius 2 is 1.74 bits per heavy atom. The minimum atomic E-state index is -3.17. The second-order valence-electron chi connectivity index (χ2n) is 9.44. The van der Waals surface area contributed by atoms with Crippen molar-refractivity contribution < 1.29 is 12.8 Å². The molecule has 0 bridgehead atoms. The highest BCUT2D eigenvalue weighted by molar-refractivity contribution is 7.88. The molecule has 3 aromatic rings. The summed E-state index contributed by atoms with van der Waals surface area (Å²) in [5, 5.41) is 4.50. The van der Waals surface area contributed by atoms with Crippen LogP contribution in [0.1, 0.15) is 43.8 Å². The van der Waals surface area contributed by atoms with Gasteiger partial charge in [-0.2, -0.15) is 0 Å².